The normalized spacial score (nSPS) is 11.0. The van der Waals surface area contributed by atoms with Crippen molar-refractivity contribution in [3.63, 3.8) is 0 Å². The zero-order valence-corrected chi connectivity index (χ0v) is 15.5. The van der Waals surface area contributed by atoms with Crippen LogP contribution in [0, 0.1) is 0 Å². The third kappa shape index (κ3) is 3.87. The molecule has 0 aliphatic rings. The second-order valence-corrected chi connectivity index (χ2v) is 6.77. The zero-order chi connectivity index (χ0) is 17.8. The first-order valence-corrected chi connectivity index (χ1v) is 9.06. The highest BCUT2D eigenvalue weighted by Gasteiger charge is 2.14. The lowest BCUT2D eigenvalue weighted by atomic mass is 10.1. The first-order valence-electron chi connectivity index (χ1n) is 8.27. The Morgan fingerprint density at radius 3 is 2.64 bits per heavy atom. The van der Waals surface area contributed by atoms with Crippen LogP contribution in [0.5, 0.6) is 11.5 Å². The summed E-state index contributed by atoms with van der Waals surface area (Å²) in [5, 5.41) is 10.5. The molecule has 0 amide bonds. The van der Waals surface area contributed by atoms with E-state index in [1.807, 2.05) is 24.3 Å². The fourth-order valence-corrected chi connectivity index (χ4v) is 2.93. The van der Waals surface area contributed by atoms with Gasteiger partial charge in [0.25, 0.3) is 0 Å². The van der Waals surface area contributed by atoms with Gasteiger partial charge in [-0.1, -0.05) is 47.8 Å². The Morgan fingerprint density at radius 2 is 1.92 bits per heavy atom. The van der Waals surface area contributed by atoms with Gasteiger partial charge in [-0.2, -0.15) is 0 Å². The number of ether oxygens (including phenoxy) is 1. The minimum atomic E-state index is -0.265. The molecule has 0 spiro atoms. The molecular formula is C20H19BrO4. The van der Waals surface area contributed by atoms with Gasteiger partial charge in [-0.05, 0) is 24.1 Å². The van der Waals surface area contributed by atoms with Gasteiger partial charge in [0.05, 0.1) is 12.2 Å². The number of phenolic OH excluding ortho intramolecular Hbond substituents is 1. The Hall–Kier alpha value is -2.27. The summed E-state index contributed by atoms with van der Waals surface area (Å²) in [5.74, 6) is 0.372. The molecule has 1 heterocycles. The van der Waals surface area contributed by atoms with Crippen LogP contribution in [0.4, 0.5) is 0 Å². The summed E-state index contributed by atoms with van der Waals surface area (Å²) in [4.78, 5) is 12.8. The highest BCUT2D eigenvalue weighted by molar-refractivity contribution is 9.10. The van der Waals surface area contributed by atoms with Crippen LogP contribution in [0.25, 0.3) is 22.1 Å². The Bertz CT molecular complexity index is 929. The van der Waals surface area contributed by atoms with Gasteiger partial charge in [-0.15, -0.1) is 0 Å². The fourth-order valence-electron chi connectivity index (χ4n) is 2.66. The van der Waals surface area contributed by atoms with Crippen LogP contribution in [0.1, 0.15) is 26.2 Å². The third-order valence-corrected chi connectivity index (χ3v) is 4.53. The fraction of sp³-hybridized carbons (Fsp3) is 0.250. The number of unbranched alkanes of at least 4 members (excludes halogenated alkanes) is 2. The lowest BCUT2D eigenvalue weighted by Crippen LogP contribution is -2.05. The summed E-state index contributed by atoms with van der Waals surface area (Å²) in [6, 6.07) is 10.5. The molecule has 0 fully saturated rings. The van der Waals surface area contributed by atoms with E-state index in [1.165, 1.54) is 12.3 Å². The number of hydrogen-bond acceptors (Lipinski definition) is 4. The van der Waals surface area contributed by atoms with Gasteiger partial charge < -0.3 is 14.3 Å². The maximum Gasteiger partial charge on any atom is 0.204 e. The molecule has 1 aromatic heterocycles. The van der Waals surface area contributed by atoms with Gasteiger partial charge in [0.2, 0.25) is 5.43 Å². The molecule has 0 unspecified atom stereocenters. The first kappa shape index (κ1) is 17.5. The number of fused-ring (bicyclic) bond motifs is 1. The molecule has 0 bridgehead atoms. The highest BCUT2D eigenvalue weighted by Crippen LogP contribution is 2.30. The standard InChI is InChI=1S/C20H19BrO4/c1-2-3-4-9-24-15-10-17(22)19-18(11-15)25-12-16(20(19)23)13-5-7-14(21)8-6-13/h5-8,10-12,22H,2-4,9H2,1H3. The summed E-state index contributed by atoms with van der Waals surface area (Å²) in [6.07, 6.45) is 4.57. The number of rotatable bonds is 6. The number of halogens is 1. The molecule has 1 N–H and O–H groups in total. The molecule has 25 heavy (non-hydrogen) atoms. The van der Waals surface area contributed by atoms with E-state index >= 15 is 0 Å². The molecule has 5 heteroatoms. The van der Waals surface area contributed by atoms with Crippen LogP contribution in [-0.2, 0) is 0 Å². The van der Waals surface area contributed by atoms with Crippen LogP contribution >= 0.6 is 15.9 Å². The van der Waals surface area contributed by atoms with Gasteiger partial charge in [-0.25, -0.2) is 0 Å². The molecule has 0 radical (unpaired) electrons. The van der Waals surface area contributed by atoms with Crippen molar-refractivity contribution in [2.45, 2.75) is 26.2 Å². The maximum absolute atomic E-state index is 12.8. The molecule has 4 nitrogen and oxygen atoms in total. The summed E-state index contributed by atoms with van der Waals surface area (Å²) in [6.45, 7) is 2.69. The van der Waals surface area contributed by atoms with Crippen LogP contribution in [-0.4, -0.2) is 11.7 Å². The quantitative estimate of drug-likeness (QED) is 0.553. The maximum atomic E-state index is 12.8. The van der Waals surface area contributed by atoms with E-state index in [-0.39, 0.29) is 16.6 Å². The van der Waals surface area contributed by atoms with Crippen molar-refractivity contribution in [2.75, 3.05) is 6.61 Å². The van der Waals surface area contributed by atoms with E-state index in [2.05, 4.69) is 22.9 Å². The molecule has 2 aromatic carbocycles. The SMILES string of the molecule is CCCCCOc1cc(O)c2c(=O)c(-c3ccc(Br)cc3)coc2c1. The third-order valence-electron chi connectivity index (χ3n) is 4.00. The van der Waals surface area contributed by atoms with E-state index in [4.69, 9.17) is 9.15 Å². The Kier molecular flexibility index (Phi) is 5.43. The molecule has 0 atom stereocenters. The second-order valence-electron chi connectivity index (χ2n) is 5.86. The average Bonchev–Trinajstić information content (AvgIpc) is 2.60. The molecule has 130 valence electrons. The predicted molar refractivity (Wildman–Crippen MR) is 102 cm³/mol. The van der Waals surface area contributed by atoms with Crippen molar-refractivity contribution in [3.8, 4) is 22.6 Å². The smallest absolute Gasteiger partial charge is 0.204 e. The number of benzene rings is 2. The Labute approximate surface area is 154 Å². The summed E-state index contributed by atoms with van der Waals surface area (Å²) < 4.78 is 12.2. The summed E-state index contributed by atoms with van der Waals surface area (Å²) in [7, 11) is 0. The van der Waals surface area contributed by atoms with Gasteiger partial charge in [0.1, 0.15) is 28.7 Å². The van der Waals surface area contributed by atoms with E-state index in [0.29, 0.717) is 23.5 Å². The van der Waals surface area contributed by atoms with Gasteiger partial charge in [-0.3, -0.25) is 4.79 Å². The van der Waals surface area contributed by atoms with E-state index in [0.717, 1.165) is 29.3 Å². The number of aromatic hydroxyl groups is 1. The van der Waals surface area contributed by atoms with Crippen molar-refractivity contribution < 1.29 is 14.3 Å². The van der Waals surface area contributed by atoms with Gasteiger partial charge >= 0.3 is 0 Å². The molecule has 0 aliphatic heterocycles. The van der Waals surface area contributed by atoms with Crippen LogP contribution in [0.2, 0.25) is 0 Å². The van der Waals surface area contributed by atoms with Crippen LogP contribution in [0.3, 0.4) is 0 Å². The van der Waals surface area contributed by atoms with E-state index in [1.54, 1.807) is 6.07 Å². The molecule has 0 saturated carbocycles. The van der Waals surface area contributed by atoms with Crippen molar-refractivity contribution in [1.29, 1.82) is 0 Å². The first-order chi connectivity index (χ1) is 12.1. The Balaban J connectivity index is 1.97. The average molecular weight is 403 g/mol. The molecule has 3 aromatic rings. The van der Waals surface area contributed by atoms with Gasteiger partial charge in [0, 0.05) is 16.6 Å². The molecule has 0 saturated heterocycles. The number of hydrogen-bond donors (Lipinski definition) is 1. The topological polar surface area (TPSA) is 59.7 Å². The highest BCUT2D eigenvalue weighted by atomic mass is 79.9. The van der Waals surface area contributed by atoms with Crippen molar-refractivity contribution >= 4 is 26.9 Å². The number of phenols is 1. The molecular weight excluding hydrogens is 384 g/mol. The lowest BCUT2D eigenvalue weighted by molar-refractivity contribution is 0.304. The van der Waals surface area contributed by atoms with E-state index in [9.17, 15) is 9.90 Å². The minimum Gasteiger partial charge on any atom is -0.507 e. The van der Waals surface area contributed by atoms with Gasteiger partial charge in [0.15, 0.2) is 0 Å². The summed E-state index contributed by atoms with van der Waals surface area (Å²) in [5.41, 5.74) is 1.19. The second kappa shape index (κ2) is 7.74. The van der Waals surface area contributed by atoms with Crippen molar-refractivity contribution in [3.05, 3.63) is 57.4 Å². The lowest BCUT2D eigenvalue weighted by Gasteiger charge is -2.09. The zero-order valence-electron chi connectivity index (χ0n) is 13.9. The summed E-state index contributed by atoms with van der Waals surface area (Å²) >= 11 is 3.37. The van der Waals surface area contributed by atoms with E-state index < -0.39 is 0 Å². The predicted octanol–water partition coefficient (Wildman–Crippen LogP) is 5.50. The van der Waals surface area contributed by atoms with Crippen molar-refractivity contribution in [1.82, 2.24) is 0 Å². The van der Waals surface area contributed by atoms with Crippen LogP contribution < -0.4 is 10.2 Å². The monoisotopic (exact) mass is 402 g/mol. The largest absolute Gasteiger partial charge is 0.507 e. The van der Waals surface area contributed by atoms with Crippen molar-refractivity contribution in [2.24, 2.45) is 0 Å². The molecule has 0 aliphatic carbocycles. The van der Waals surface area contributed by atoms with Crippen LogP contribution in [0.15, 0.2) is 56.3 Å². The molecule has 3 rings (SSSR count). The Morgan fingerprint density at radius 1 is 1.16 bits per heavy atom. The minimum absolute atomic E-state index is 0.129.